The quantitative estimate of drug-likeness (QED) is 0.804. The van der Waals surface area contributed by atoms with Gasteiger partial charge < -0.3 is 4.90 Å². The zero-order chi connectivity index (χ0) is 13.2. The van der Waals surface area contributed by atoms with Crippen molar-refractivity contribution in [3.8, 4) is 0 Å². The van der Waals surface area contributed by atoms with Gasteiger partial charge in [-0.25, -0.2) is 9.97 Å². The summed E-state index contributed by atoms with van der Waals surface area (Å²) in [5, 5.41) is 0.514. The van der Waals surface area contributed by atoms with E-state index in [1.807, 2.05) is 30.1 Å². The van der Waals surface area contributed by atoms with Crippen LogP contribution in [0.3, 0.4) is 0 Å². The molecule has 0 radical (unpaired) electrons. The molecular weight excluding hydrogens is 260 g/mol. The molecule has 0 atom stereocenters. The van der Waals surface area contributed by atoms with Crippen LogP contribution in [0, 0.1) is 0 Å². The lowest BCUT2D eigenvalue weighted by atomic mass is 10.3. The molecule has 0 N–H and O–H groups in total. The number of pyridine rings is 1. The van der Waals surface area contributed by atoms with Crippen LogP contribution in [0.1, 0.15) is 30.3 Å². The largest absolute Gasteiger partial charge is 0.354 e. The monoisotopic (exact) mass is 274 g/mol. The second-order valence-electron chi connectivity index (χ2n) is 4.86. The predicted molar refractivity (Wildman–Crippen MR) is 75.4 cm³/mol. The molecule has 1 aliphatic carbocycles. The summed E-state index contributed by atoms with van der Waals surface area (Å²) < 4.78 is 0. The average Bonchev–Trinajstić information content (AvgIpc) is 3.23. The van der Waals surface area contributed by atoms with Crippen molar-refractivity contribution >= 4 is 17.4 Å². The van der Waals surface area contributed by atoms with Gasteiger partial charge in [0.2, 0.25) is 0 Å². The Morgan fingerprint density at radius 3 is 2.84 bits per heavy atom. The van der Waals surface area contributed by atoms with Crippen LogP contribution < -0.4 is 4.90 Å². The molecule has 3 rings (SSSR count). The van der Waals surface area contributed by atoms with Crippen molar-refractivity contribution in [3.05, 3.63) is 47.1 Å². The summed E-state index contributed by atoms with van der Waals surface area (Å²) in [6.45, 7) is 0.707. The minimum Gasteiger partial charge on any atom is -0.354 e. The Labute approximate surface area is 117 Å². The molecule has 2 aromatic heterocycles. The molecule has 98 valence electrons. The summed E-state index contributed by atoms with van der Waals surface area (Å²) in [5.74, 6) is 2.23. The third-order valence-electron chi connectivity index (χ3n) is 3.16. The Bertz CT molecular complexity index is 569. The standard InChI is InChI=1S/C14H15ClN4/c1-19(9-11-4-2-3-7-16-11)13-8-12(15)17-14(18-13)10-5-6-10/h2-4,7-8,10H,5-6,9H2,1H3. The maximum atomic E-state index is 6.08. The zero-order valence-corrected chi connectivity index (χ0v) is 11.5. The number of anilines is 1. The van der Waals surface area contributed by atoms with Crippen LogP contribution >= 0.6 is 11.6 Å². The third kappa shape index (κ3) is 3.01. The fourth-order valence-electron chi connectivity index (χ4n) is 1.96. The van der Waals surface area contributed by atoms with Gasteiger partial charge in [-0.05, 0) is 25.0 Å². The smallest absolute Gasteiger partial charge is 0.135 e. The minimum absolute atomic E-state index is 0.501. The van der Waals surface area contributed by atoms with Crippen LogP contribution in [0.2, 0.25) is 5.15 Å². The highest BCUT2D eigenvalue weighted by Gasteiger charge is 2.27. The van der Waals surface area contributed by atoms with Crippen LogP contribution in [-0.2, 0) is 6.54 Å². The molecule has 4 nitrogen and oxygen atoms in total. The lowest BCUT2D eigenvalue weighted by Gasteiger charge is -2.18. The Hall–Kier alpha value is -1.68. The van der Waals surface area contributed by atoms with Crippen LogP contribution in [0.15, 0.2) is 30.5 Å². The second-order valence-corrected chi connectivity index (χ2v) is 5.25. The molecule has 0 unspecified atom stereocenters. The summed E-state index contributed by atoms with van der Waals surface area (Å²) in [7, 11) is 1.99. The van der Waals surface area contributed by atoms with Crippen molar-refractivity contribution in [2.24, 2.45) is 0 Å². The molecule has 2 aromatic rings. The Morgan fingerprint density at radius 1 is 1.32 bits per heavy atom. The molecule has 5 heteroatoms. The molecule has 2 heterocycles. The van der Waals surface area contributed by atoms with Gasteiger partial charge in [-0.15, -0.1) is 0 Å². The van der Waals surface area contributed by atoms with Crippen LogP contribution in [-0.4, -0.2) is 22.0 Å². The van der Waals surface area contributed by atoms with Gasteiger partial charge in [-0.3, -0.25) is 4.98 Å². The highest BCUT2D eigenvalue weighted by molar-refractivity contribution is 6.29. The van der Waals surface area contributed by atoms with E-state index in [2.05, 4.69) is 15.0 Å². The summed E-state index contributed by atoms with van der Waals surface area (Å²) in [6.07, 6.45) is 4.14. The number of rotatable bonds is 4. The van der Waals surface area contributed by atoms with Gasteiger partial charge in [0, 0.05) is 25.2 Å². The van der Waals surface area contributed by atoms with E-state index in [0.717, 1.165) is 17.3 Å². The van der Waals surface area contributed by atoms with E-state index in [9.17, 15) is 0 Å². The predicted octanol–water partition coefficient (Wildman–Crippen LogP) is 3.04. The molecule has 0 aromatic carbocycles. The normalized spacial score (nSPS) is 14.4. The molecule has 1 saturated carbocycles. The minimum atomic E-state index is 0.501. The van der Waals surface area contributed by atoms with E-state index in [0.29, 0.717) is 17.6 Å². The average molecular weight is 275 g/mol. The van der Waals surface area contributed by atoms with E-state index in [1.165, 1.54) is 12.8 Å². The Morgan fingerprint density at radius 2 is 2.16 bits per heavy atom. The van der Waals surface area contributed by atoms with E-state index in [4.69, 9.17) is 11.6 Å². The molecule has 0 bridgehead atoms. The maximum absolute atomic E-state index is 6.08. The van der Waals surface area contributed by atoms with Gasteiger partial charge in [0.15, 0.2) is 0 Å². The lowest BCUT2D eigenvalue weighted by Crippen LogP contribution is -2.19. The first-order chi connectivity index (χ1) is 9.22. The van der Waals surface area contributed by atoms with Gasteiger partial charge in [-0.2, -0.15) is 0 Å². The first kappa shape index (κ1) is 12.4. The first-order valence-corrected chi connectivity index (χ1v) is 6.75. The van der Waals surface area contributed by atoms with Crippen LogP contribution in [0.5, 0.6) is 0 Å². The third-order valence-corrected chi connectivity index (χ3v) is 3.35. The van der Waals surface area contributed by atoms with Crippen molar-refractivity contribution in [1.82, 2.24) is 15.0 Å². The summed E-state index contributed by atoms with van der Waals surface area (Å²) in [4.78, 5) is 15.3. The Kier molecular flexibility index (Phi) is 3.34. The van der Waals surface area contributed by atoms with Crippen molar-refractivity contribution in [3.63, 3.8) is 0 Å². The van der Waals surface area contributed by atoms with Crippen molar-refractivity contribution in [1.29, 1.82) is 0 Å². The lowest BCUT2D eigenvalue weighted by molar-refractivity contribution is 0.836. The first-order valence-electron chi connectivity index (χ1n) is 6.38. The summed E-state index contributed by atoms with van der Waals surface area (Å²) >= 11 is 6.08. The topological polar surface area (TPSA) is 41.9 Å². The molecular formula is C14H15ClN4. The number of halogens is 1. The maximum Gasteiger partial charge on any atom is 0.135 e. The van der Waals surface area contributed by atoms with E-state index in [-0.39, 0.29) is 0 Å². The number of hydrogen-bond acceptors (Lipinski definition) is 4. The van der Waals surface area contributed by atoms with Crippen molar-refractivity contribution in [2.45, 2.75) is 25.3 Å². The Balaban J connectivity index is 1.81. The van der Waals surface area contributed by atoms with Gasteiger partial charge in [-0.1, -0.05) is 17.7 Å². The molecule has 0 spiro atoms. The number of nitrogens with zero attached hydrogens (tertiary/aromatic N) is 4. The van der Waals surface area contributed by atoms with E-state index >= 15 is 0 Å². The van der Waals surface area contributed by atoms with Crippen LogP contribution in [0.4, 0.5) is 5.82 Å². The number of aromatic nitrogens is 3. The zero-order valence-electron chi connectivity index (χ0n) is 10.8. The summed E-state index contributed by atoms with van der Waals surface area (Å²) in [6, 6.07) is 7.70. The van der Waals surface area contributed by atoms with E-state index < -0.39 is 0 Å². The molecule has 1 aliphatic rings. The van der Waals surface area contributed by atoms with Crippen LogP contribution in [0.25, 0.3) is 0 Å². The van der Waals surface area contributed by atoms with Crippen molar-refractivity contribution < 1.29 is 0 Å². The highest BCUT2D eigenvalue weighted by atomic mass is 35.5. The van der Waals surface area contributed by atoms with Gasteiger partial charge in [0.05, 0.1) is 12.2 Å². The SMILES string of the molecule is CN(Cc1ccccn1)c1cc(Cl)nc(C2CC2)n1. The van der Waals surface area contributed by atoms with Crippen molar-refractivity contribution in [2.75, 3.05) is 11.9 Å². The number of hydrogen-bond donors (Lipinski definition) is 0. The fourth-order valence-corrected chi connectivity index (χ4v) is 2.14. The van der Waals surface area contributed by atoms with Gasteiger partial charge in [0.1, 0.15) is 16.8 Å². The highest BCUT2D eigenvalue weighted by Crippen LogP contribution is 2.39. The van der Waals surface area contributed by atoms with Gasteiger partial charge >= 0.3 is 0 Å². The second kappa shape index (κ2) is 5.13. The summed E-state index contributed by atoms with van der Waals surface area (Å²) in [5.41, 5.74) is 1.01. The molecule has 0 amide bonds. The molecule has 0 aliphatic heterocycles. The molecule has 19 heavy (non-hydrogen) atoms. The fraction of sp³-hybridized carbons (Fsp3) is 0.357. The molecule has 0 saturated heterocycles. The van der Waals surface area contributed by atoms with Gasteiger partial charge in [0.25, 0.3) is 0 Å². The molecule has 1 fully saturated rings. The van der Waals surface area contributed by atoms with E-state index in [1.54, 1.807) is 12.3 Å².